The molecule has 3 aliphatic rings. The number of alkyl halides is 3. The van der Waals surface area contributed by atoms with Gasteiger partial charge in [-0.05, 0) is 26.2 Å². The summed E-state index contributed by atoms with van der Waals surface area (Å²) in [6.45, 7) is 4.22. The molecule has 4 rings (SSSR count). The van der Waals surface area contributed by atoms with E-state index in [1.165, 1.54) is 0 Å². The van der Waals surface area contributed by atoms with Crippen LogP contribution >= 0.6 is 11.3 Å². The van der Waals surface area contributed by atoms with Gasteiger partial charge in [-0.1, -0.05) is 0 Å². The SMILES string of the molecule is Cc1nc(CN2CC3(CCN(S(=O)(=O)C4CC4)C3)CC2=O)cs1.O=C(O)C(F)(F)F. The fourth-order valence-electron chi connectivity index (χ4n) is 3.76. The molecule has 1 unspecified atom stereocenters. The van der Waals surface area contributed by atoms with Gasteiger partial charge in [0, 0.05) is 36.9 Å². The first-order valence-electron chi connectivity index (χ1n) is 9.30. The molecule has 168 valence electrons. The number of carboxylic acids is 1. The fourth-order valence-corrected chi connectivity index (χ4v) is 6.32. The first-order valence-corrected chi connectivity index (χ1v) is 11.7. The standard InChI is InChI=1S/C15H21N3O3S2.C2HF3O2/c1-11-16-12(8-22-11)7-17-9-15(6-14(17)19)4-5-18(10-15)23(20,21)13-2-3-13;3-2(4,5)1(6)7/h8,13H,2-7,9-10H2,1H3;(H,6,7). The van der Waals surface area contributed by atoms with Crippen LogP contribution in [0.5, 0.6) is 0 Å². The Labute approximate surface area is 175 Å². The third kappa shape index (κ3) is 5.11. The average molecular weight is 470 g/mol. The van der Waals surface area contributed by atoms with Crippen molar-refractivity contribution >= 4 is 33.2 Å². The van der Waals surface area contributed by atoms with E-state index in [4.69, 9.17) is 9.90 Å². The number of rotatable bonds is 4. The lowest BCUT2D eigenvalue weighted by Gasteiger charge is -2.23. The highest BCUT2D eigenvalue weighted by molar-refractivity contribution is 7.90. The molecule has 8 nitrogen and oxygen atoms in total. The molecular weight excluding hydrogens is 447 g/mol. The Bertz CT molecular complexity index is 929. The minimum atomic E-state index is -5.08. The Hall–Kier alpha value is -1.73. The molecule has 1 spiro atoms. The second kappa shape index (κ2) is 8.08. The number of aromatic nitrogens is 1. The van der Waals surface area contributed by atoms with Gasteiger partial charge in [-0.2, -0.15) is 13.2 Å². The number of aliphatic carboxylic acids is 1. The van der Waals surface area contributed by atoms with Gasteiger partial charge in [0.1, 0.15) is 0 Å². The van der Waals surface area contributed by atoms with Crippen LogP contribution in [0.15, 0.2) is 5.38 Å². The third-order valence-electron chi connectivity index (χ3n) is 5.38. The molecule has 1 aliphatic carbocycles. The second-order valence-electron chi connectivity index (χ2n) is 7.92. The van der Waals surface area contributed by atoms with Crippen molar-refractivity contribution in [2.75, 3.05) is 19.6 Å². The molecule has 1 atom stereocenters. The molecule has 30 heavy (non-hydrogen) atoms. The zero-order valence-corrected chi connectivity index (χ0v) is 17.8. The van der Waals surface area contributed by atoms with E-state index < -0.39 is 22.2 Å². The van der Waals surface area contributed by atoms with Crippen LogP contribution in [0, 0.1) is 12.3 Å². The van der Waals surface area contributed by atoms with Crippen LogP contribution in [0.2, 0.25) is 0 Å². The summed E-state index contributed by atoms with van der Waals surface area (Å²) in [6, 6.07) is 0. The second-order valence-corrected chi connectivity index (χ2v) is 11.2. The number of aryl methyl sites for hydroxylation is 1. The fraction of sp³-hybridized carbons (Fsp3) is 0.706. The molecule has 3 heterocycles. The molecule has 1 amide bonds. The summed E-state index contributed by atoms with van der Waals surface area (Å²) in [4.78, 5) is 27.6. The largest absolute Gasteiger partial charge is 0.490 e. The first kappa shape index (κ1) is 22.9. The van der Waals surface area contributed by atoms with Crippen LogP contribution < -0.4 is 0 Å². The molecule has 0 bridgehead atoms. The van der Waals surface area contributed by atoms with Crippen LogP contribution in [0.25, 0.3) is 0 Å². The highest BCUT2D eigenvalue weighted by atomic mass is 32.2. The molecule has 1 saturated carbocycles. The summed E-state index contributed by atoms with van der Waals surface area (Å²) in [5.74, 6) is -2.63. The summed E-state index contributed by atoms with van der Waals surface area (Å²) in [5, 5.41) is 9.96. The van der Waals surface area contributed by atoms with Gasteiger partial charge >= 0.3 is 12.1 Å². The van der Waals surface area contributed by atoms with Gasteiger partial charge in [0.15, 0.2) is 0 Å². The van der Waals surface area contributed by atoms with E-state index in [1.54, 1.807) is 15.6 Å². The van der Waals surface area contributed by atoms with Crippen LogP contribution in [-0.4, -0.2) is 70.7 Å². The topological polar surface area (TPSA) is 108 Å². The van der Waals surface area contributed by atoms with E-state index in [0.29, 0.717) is 32.6 Å². The molecule has 1 aromatic heterocycles. The number of carboxylic acid groups (broad SMARTS) is 1. The van der Waals surface area contributed by atoms with Crippen LogP contribution in [0.4, 0.5) is 13.2 Å². The van der Waals surface area contributed by atoms with Gasteiger partial charge in [-0.15, -0.1) is 11.3 Å². The van der Waals surface area contributed by atoms with Crippen molar-refractivity contribution in [3.8, 4) is 0 Å². The molecule has 3 fully saturated rings. The Balaban J connectivity index is 0.000000318. The van der Waals surface area contributed by atoms with Gasteiger partial charge in [-0.25, -0.2) is 22.5 Å². The van der Waals surface area contributed by atoms with Crippen molar-refractivity contribution < 1.29 is 36.3 Å². The lowest BCUT2D eigenvalue weighted by Crippen LogP contribution is -2.35. The zero-order valence-electron chi connectivity index (χ0n) is 16.2. The number of likely N-dealkylation sites (tertiary alicyclic amines) is 1. The highest BCUT2D eigenvalue weighted by Gasteiger charge is 2.52. The van der Waals surface area contributed by atoms with E-state index in [9.17, 15) is 26.4 Å². The number of hydrogen-bond donors (Lipinski definition) is 1. The van der Waals surface area contributed by atoms with Crippen molar-refractivity contribution in [1.82, 2.24) is 14.2 Å². The predicted molar refractivity (Wildman–Crippen MR) is 101 cm³/mol. The summed E-state index contributed by atoms with van der Waals surface area (Å²) in [6.07, 6.45) is -2.25. The summed E-state index contributed by atoms with van der Waals surface area (Å²) >= 11 is 1.59. The molecule has 0 radical (unpaired) electrons. The van der Waals surface area contributed by atoms with E-state index >= 15 is 0 Å². The normalized spacial score (nSPS) is 24.9. The van der Waals surface area contributed by atoms with Crippen molar-refractivity contribution in [3.05, 3.63) is 16.1 Å². The Morgan fingerprint density at radius 2 is 2.00 bits per heavy atom. The zero-order chi connectivity index (χ0) is 22.3. The van der Waals surface area contributed by atoms with Crippen LogP contribution in [0.1, 0.15) is 36.4 Å². The summed E-state index contributed by atoms with van der Waals surface area (Å²) in [7, 11) is -3.13. The quantitative estimate of drug-likeness (QED) is 0.723. The Kier molecular flexibility index (Phi) is 6.18. The van der Waals surface area contributed by atoms with Gasteiger partial charge in [0.05, 0.1) is 22.5 Å². The predicted octanol–water partition coefficient (Wildman–Crippen LogP) is 2.00. The van der Waals surface area contributed by atoms with E-state index in [2.05, 4.69) is 4.98 Å². The van der Waals surface area contributed by atoms with Gasteiger partial charge in [0.2, 0.25) is 15.9 Å². The van der Waals surface area contributed by atoms with Crippen LogP contribution in [-0.2, 0) is 26.2 Å². The van der Waals surface area contributed by atoms with E-state index in [1.807, 2.05) is 17.2 Å². The van der Waals surface area contributed by atoms with Crippen molar-refractivity contribution in [1.29, 1.82) is 0 Å². The molecule has 2 aliphatic heterocycles. The molecular formula is C17H22F3N3O5S2. The number of carbonyl (C=O) groups is 2. The number of hydrogen-bond acceptors (Lipinski definition) is 6. The number of halogens is 3. The maximum Gasteiger partial charge on any atom is 0.490 e. The molecule has 1 aromatic rings. The molecule has 2 saturated heterocycles. The van der Waals surface area contributed by atoms with E-state index in [0.717, 1.165) is 30.0 Å². The lowest BCUT2D eigenvalue weighted by atomic mass is 9.86. The minimum absolute atomic E-state index is 0.126. The highest BCUT2D eigenvalue weighted by Crippen LogP contribution is 2.43. The molecule has 13 heteroatoms. The van der Waals surface area contributed by atoms with E-state index in [-0.39, 0.29) is 16.6 Å². The summed E-state index contributed by atoms with van der Waals surface area (Å²) < 4.78 is 58.2. The number of sulfonamides is 1. The summed E-state index contributed by atoms with van der Waals surface area (Å²) in [5.41, 5.74) is 0.739. The Morgan fingerprint density at radius 3 is 2.50 bits per heavy atom. The number of thiazole rings is 1. The molecule has 1 N–H and O–H groups in total. The third-order valence-corrected chi connectivity index (χ3v) is 8.54. The lowest BCUT2D eigenvalue weighted by molar-refractivity contribution is -0.192. The number of amides is 1. The molecule has 0 aromatic carbocycles. The van der Waals surface area contributed by atoms with Gasteiger partial charge < -0.3 is 10.0 Å². The van der Waals surface area contributed by atoms with Crippen molar-refractivity contribution in [3.63, 3.8) is 0 Å². The smallest absolute Gasteiger partial charge is 0.475 e. The number of carbonyl (C=O) groups excluding carboxylic acids is 1. The van der Waals surface area contributed by atoms with Crippen molar-refractivity contribution in [2.45, 2.75) is 50.6 Å². The van der Waals surface area contributed by atoms with Gasteiger partial charge in [-0.3, -0.25) is 4.79 Å². The number of nitrogens with zero attached hydrogens (tertiary/aromatic N) is 3. The minimum Gasteiger partial charge on any atom is -0.475 e. The monoisotopic (exact) mass is 469 g/mol. The van der Waals surface area contributed by atoms with Crippen molar-refractivity contribution in [2.24, 2.45) is 5.41 Å². The Morgan fingerprint density at radius 1 is 1.37 bits per heavy atom. The average Bonchev–Trinajstić information content (AvgIpc) is 3.20. The maximum atomic E-state index is 12.4. The maximum absolute atomic E-state index is 12.4. The van der Waals surface area contributed by atoms with Gasteiger partial charge in [0.25, 0.3) is 0 Å². The first-order chi connectivity index (χ1) is 13.8. The van der Waals surface area contributed by atoms with Crippen LogP contribution in [0.3, 0.4) is 0 Å².